The minimum Gasteiger partial charge on any atom is -0.507 e. The van der Waals surface area contributed by atoms with Crippen LogP contribution < -0.4 is 4.74 Å². The van der Waals surface area contributed by atoms with Crippen molar-refractivity contribution < 1.29 is 49.3 Å². The monoisotopic (exact) mass is 554 g/mol. The highest BCUT2D eigenvalue weighted by Crippen LogP contribution is 2.32. The van der Waals surface area contributed by atoms with Crippen molar-refractivity contribution in [2.75, 3.05) is 7.11 Å². The summed E-state index contributed by atoms with van der Waals surface area (Å²) in [6.45, 7) is 2.23. The van der Waals surface area contributed by atoms with Gasteiger partial charge in [0.05, 0.1) is 7.11 Å². The summed E-state index contributed by atoms with van der Waals surface area (Å²) in [5.74, 6) is -2.77. The number of benzene rings is 1. The highest BCUT2D eigenvalue weighted by atomic mass is 16.7. The summed E-state index contributed by atoms with van der Waals surface area (Å²) in [4.78, 5) is 23.7. The van der Waals surface area contributed by atoms with Crippen LogP contribution in [0.25, 0.3) is 0 Å². The fourth-order valence-electron chi connectivity index (χ4n) is 4.89. The molecular formula is C29H46O10. The summed E-state index contributed by atoms with van der Waals surface area (Å²) in [5, 5.41) is 50.4. The molecule has 10 heteroatoms. The summed E-state index contributed by atoms with van der Waals surface area (Å²) >= 11 is 0. The Morgan fingerprint density at radius 2 is 1.36 bits per heavy atom. The molecule has 0 amide bonds. The number of ether oxygens (including phenoxy) is 3. The summed E-state index contributed by atoms with van der Waals surface area (Å²) in [6, 6.07) is 2.50. The van der Waals surface area contributed by atoms with Crippen LogP contribution >= 0.6 is 0 Å². The van der Waals surface area contributed by atoms with Crippen LogP contribution in [0.15, 0.2) is 12.1 Å². The lowest BCUT2D eigenvalue weighted by Gasteiger charge is -2.38. The first kappa shape index (κ1) is 32.8. The number of aromatic hydroxyl groups is 1. The average Bonchev–Trinajstić information content (AvgIpc) is 2.90. The Balaban J connectivity index is 1.88. The lowest BCUT2D eigenvalue weighted by Crippen LogP contribution is -2.61. The van der Waals surface area contributed by atoms with Crippen LogP contribution in [0.1, 0.15) is 106 Å². The third-order valence-electron chi connectivity index (χ3n) is 7.19. The van der Waals surface area contributed by atoms with E-state index in [4.69, 9.17) is 9.47 Å². The number of hydrogen-bond donors (Lipinski definition) is 5. The molecule has 2 rings (SSSR count). The van der Waals surface area contributed by atoms with E-state index in [0.717, 1.165) is 38.9 Å². The molecule has 1 fully saturated rings. The Bertz CT molecular complexity index is 889. The molecule has 1 aliphatic heterocycles. The van der Waals surface area contributed by atoms with Crippen LogP contribution in [-0.2, 0) is 20.7 Å². The van der Waals surface area contributed by atoms with Crippen molar-refractivity contribution in [3.63, 3.8) is 0 Å². The van der Waals surface area contributed by atoms with Gasteiger partial charge in [-0.05, 0) is 24.5 Å². The molecule has 1 saturated heterocycles. The standard InChI is InChI=1S/C29H46O10/c1-3-4-5-6-7-8-9-10-11-12-13-14-15-16-19-17-20(18-21(30)22(19)27(34)35)38-29-25(33)23(31)24(32)26(39-29)28(36)37-2/h17-18,23-26,29-33H,3-16H2,1-2H3,(H,34,35)/t23-,24-,25+,26-,29+/m0/s1. The van der Waals surface area contributed by atoms with Crippen molar-refractivity contribution in [2.45, 2.75) is 128 Å². The fraction of sp³-hybridized carbons (Fsp3) is 0.724. The second-order valence-corrected chi connectivity index (χ2v) is 10.3. The van der Waals surface area contributed by atoms with Gasteiger partial charge in [0.2, 0.25) is 6.29 Å². The molecule has 5 atom stereocenters. The zero-order chi connectivity index (χ0) is 28.8. The molecule has 5 N–H and O–H groups in total. The third kappa shape index (κ3) is 10.3. The van der Waals surface area contributed by atoms with E-state index in [1.807, 2.05) is 0 Å². The molecule has 0 bridgehead atoms. The van der Waals surface area contributed by atoms with Crippen molar-refractivity contribution in [1.82, 2.24) is 0 Å². The lowest BCUT2D eigenvalue weighted by atomic mass is 9.98. The molecule has 1 heterocycles. The quantitative estimate of drug-likeness (QED) is 0.132. The van der Waals surface area contributed by atoms with Gasteiger partial charge in [-0.3, -0.25) is 0 Å². The number of aromatic carboxylic acids is 1. The van der Waals surface area contributed by atoms with E-state index in [9.17, 15) is 35.1 Å². The maximum absolute atomic E-state index is 11.9. The molecule has 0 aliphatic carbocycles. The largest absolute Gasteiger partial charge is 0.507 e. The molecule has 0 aromatic heterocycles. The molecule has 10 nitrogen and oxygen atoms in total. The molecule has 1 aromatic rings. The van der Waals surface area contributed by atoms with Gasteiger partial charge in [-0.25, -0.2) is 9.59 Å². The van der Waals surface area contributed by atoms with Crippen molar-refractivity contribution in [3.05, 3.63) is 23.3 Å². The van der Waals surface area contributed by atoms with Crippen molar-refractivity contribution in [2.24, 2.45) is 0 Å². The average molecular weight is 555 g/mol. The molecule has 0 spiro atoms. The van der Waals surface area contributed by atoms with Gasteiger partial charge in [-0.2, -0.15) is 0 Å². The van der Waals surface area contributed by atoms with E-state index in [0.29, 0.717) is 12.0 Å². The van der Waals surface area contributed by atoms with E-state index >= 15 is 0 Å². The number of aliphatic hydroxyl groups excluding tert-OH is 3. The number of rotatable bonds is 18. The van der Waals surface area contributed by atoms with E-state index in [1.54, 1.807) is 0 Å². The SMILES string of the molecule is CCCCCCCCCCCCCCCc1cc(O[C@@H]2O[C@H](C(=O)OC)[C@@H](O)[C@H](O)[C@H]2O)cc(O)c1C(=O)O. The summed E-state index contributed by atoms with van der Waals surface area (Å²) < 4.78 is 15.5. The van der Waals surface area contributed by atoms with E-state index in [-0.39, 0.29) is 11.3 Å². The minimum atomic E-state index is -1.76. The Morgan fingerprint density at radius 1 is 0.821 bits per heavy atom. The zero-order valence-electron chi connectivity index (χ0n) is 23.2. The molecule has 0 radical (unpaired) electrons. The van der Waals surface area contributed by atoms with Crippen LogP contribution in [-0.4, -0.2) is 75.3 Å². The predicted octanol–water partition coefficient (Wildman–Crippen LogP) is 4.08. The van der Waals surface area contributed by atoms with Gasteiger partial charge < -0.3 is 39.7 Å². The first-order valence-corrected chi connectivity index (χ1v) is 14.2. The molecule has 222 valence electrons. The second kappa shape index (κ2) is 17.3. The first-order chi connectivity index (χ1) is 18.7. The van der Waals surface area contributed by atoms with E-state index in [1.165, 1.54) is 63.9 Å². The normalized spacial score (nSPS) is 22.9. The smallest absolute Gasteiger partial charge is 0.339 e. The highest BCUT2D eigenvalue weighted by Gasteiger charge is 2.48. The van der Waals surface area contributed by atoms with Gasteiger partial charge in [0.1, 0.15) is 35.4 Å². The van der Waals surface area contributed by atoms with Crippen molar-refractivity contribution >= 4 is 11.9 Å². The maximum Gasteiger partial charge on any atom is 0.339 e. The van der Waals surface area contributed by atoms with Crippen LogP contribution in [0.2, 0.25) is 0 Å². The van der Waals surface area contributed by atoms with Crippen LogP contribution in [0.5, 0.6) is 11.5 Å². The number of phenols is 1. The van der Waals surface area contributed by atoms with Crippen LogP contribution in [0.3, 0.4) is 0 Å². The second-order valence-electron chi connectivity index (χ2n) is 10.3. The van der Waals surface area contributed by atoms with Crippen molar-refractivity contribution in [3.8, 4) is 11.5 Å². The molecular weight excluding hydrogens is 508 g/mol. The predicted molar refractivity (Wildman–Crippen MR) is 144 cm³/mol. The number of esters is 1. The first-order valence-electron chi connectivity index (χ1n) is 14.2. The van der Waals surface area contributed by atoms with Gasteiger partial charge in [0, 0.05) is 6.07 Å². The number of carbonyl (C=O) groups is 2. The topological polar surface area (TPSA) is 163 Å². The fourth-order valence-corrected chi connectivity index (χ4v) is 4.89. The molecule has 39 heavy (non-hydrogen) atoms. The van der Waals surface area contributed by atoms with Crippen LogP contribution in [0.4, 0.5) is 0 Å². The van der Waals surface area contributed by atoms with Gasteiger partial charge in [0.15, 0.2) is 6.10 Å². The molecule has 1 aromatic carbocycles. The Morgan fingerprint density at radius 3 is 1.87 bits per heavy atom. The van der Waals surface area contributed by atoms with Gasteiger partial charge in [-0.1, -0.05) is 84.0 Å². The molecule has 0 unspecified atom stereocenters. The number of carbonyl (C=O) groups excluding carboxylic acids is 1. The number of unbranched alkanes of at least 4 members (excludes halogenated alkanes) is 12. The van der Waals surface area contributed by atoms with Gasteiger partial charge in [-0.15, -0.1) is 0 Å². The number of aliphatic hydroxyl groups is 3. The number of carboxylic acid groups (broad SMARTS) is 1. The van der Waals surface area contributed by atoms with E-state index < -0.39 is 48.4 Å². The Kier molecular flexibility index (Phi) is 14.6. The van der Waals surface area contributed by atoms with Gasteiger partial charge >= 0.3 is 11.9 Å². The maximum atomic E-state index is 11.9. The highest BCUT2D eigenvalue weighted by molar-refractivity contribution is 5.93. The Labute approximate surface area is 230 Å². The van der Waals surface area contributed by atoms with E-state index in [2.05, 4.69) is 11.7 Å². The summed E-state index contributed by atoms with van der Waals surface area (Å²) in [5.41, 5.74) is 0.130. The number of methoxy groups -OCH3 is 1. The Hall–Kier alpha value is -2.40. The van der Waals surface area contributed by atoms with Crippen LogP contribution in [0, 0.1) is 0 Å². The minimum absolute atomic E-state index is 0.0153. The molecule has 0 saturated carbocycles. The third-order valence-corrected chi connectivity index (χ3v) is 7.19. The number of aryl methyl sites for hydroxylation is 1. The lowest BCUT2D eigenvalue weighted by molar-refractivity contribution is -0.271. The summed E-state index contributed by atoms with van der Waals surface area (Å²) in [6.07, 6.45) is 7.41. The zero-order valence-corrected chi connectivity index (χ0v) is 23.2. The number of carboxylic acids is 1. The summed E-state index contributed by atoms with van der Waals surface area (Å²) in [7, 11) is 1.08. The van der Waals surface area contributed by atoms with Gasteiger partial charge in [0.25, 0.3) is 0 Å². The molecule has 1 aliphatic rings. The number of hydrogen-bond acceptors (Lipinski definition) is 9. The van der Waals surface area contributed by atoms with Crippen molar-refractivity contribution in [1.29, 1.82) is 0 Å².